The van der Waals surface area contributed by atoms with Gasteiger partial charge in [-0.3, -0.25) is 4.18 Å². The molecule has 0 unspecified atom stereocenters. The first-order valence-electron chi connectivity index (χ1n) is 15.6. The highest BCUT2D eigenvalue weighted by Gasteiger charge is 2.46. The average Bonchev–Trinajstić information content (AvgIpc) is 3.11. The molecule has 0 amide bonds. The molecule has 0 aromatic heterocycles. The molecule has 6 rings (SSSR count). The molecule has 47 heavy (non-hydrogen) atoms. The summed E-state index contributed by atoms with van der Waals surface area (Å²) < 4.78 is 52.7. The zero-order valence-electron chi connectivity index (χ0n) is 26.1. The fraction of sp³-hybridized carbons (Fsp3) is 0.231. The summed E-state index contributed by atoms with van der Waals surface area (Å²) in [6.45, 7) is 1.94. The fourth-order valence-corrected chi connectivity index (χ4v) is 7.11. The highest BCUT2D eigenvalue weighted by molar-refractivity contribution is 7.86. The Labute approximate surface area is 276 Å². The average molecular weight is 651 g/mol. The largest absolute Gasteiger partial charge is 0.370 e. The van der Waals surface area contributed by atoms with Gasteiger partial charge in [0.25, 0.3) is 10.1 Å². The van der Waals surface area contributed by atoms with Crippen molar-refractivity contribution in [2.75, 3.05) is 6.61 Å². The lowest BCUT2D eigenvalue weighted by Crippen LogP contribution is -2.54. The maximum Gasteiger partial charge on any atom is 0.297 e. The summed E-state index contributed by atoms with van der Waals surface area (Å²) in [5, 5.41) is 10.9. The van der Waals surface area contributed by atoms with Crippen LogP contribution in [0.4, 0.5) is 0 Å². The lowest BCUT2D eigenvalue weighted by molar-refractivity contribution is -0.251. The summed E-state index contributed by atoms with van der Waals surface area (Å²) in [4.78, 5) is 0.0166. The molecular weight excluding hydrogens is 612 g/mol. The van der Waals surface area contributed by atoms with E-state index in [-0.39, 0.29) is 24.5 Å². The van der Waals surface area contributed by atoms with Gasteiger partial charge in [-0.2, -0.15) is 8.42 Å². The smallest absolute Gasteiger partial charge is 0.297 e. The summed E-state index contributed by atoms with van der Waals surface area (Å²) in [5.74, 6) is 0. The Bertz CT molecular complexity index is 1700. The van der Waals surface area contributed by atoms with Crippen LogP contribution in [0.25, 0.3) is 0 Å². The van der Waals surface area contributed by atoms with Crippen molar-refractivity contribution in [3.05, 3.63) is 173 Å². The van der Waals surface area contributed by atoms with E-state index in [9.17, 15) is 13.5 Å². The molecule has 0 spiro atoms. The van der Waals surface area contributed by atoms with Crippen molar-refractivity contribution in [3.8, 4) is 0 Å². The topological polar surface area (TPSA) is 91.3 Å². The molecule has 8 heteroatoms. The minimum Gasteiger partial charge on any atom is -0.370 e. The van der Waals surface area contributed by atoms with E-state index in [0.29, 0.717) is 0 Å². The quantitative estimate of drug-likeness (QED) is 0.118. The van der Waals surface area contributed by atoms with Crippen LogP contribution in [-0.4, -0.2) is 44.7 Å². The van der Waals surface area contributed by atoms with Crippen LogP contribution in [-0.2, 0) is 40.7 Å². The first-order valence-corrected chi connectivity index (χ1v) is 17.1. The van der Waals surface area contributed by atoms with Gasteiger partial charge in [0.2, 0.25) is 0 Å². The normalized spacial score (nSPS) is 20.1. The number of benzene rings is 5. The highest BCUT2D eigenvalue weighted by Crippen LogP contribution is 2.41. The van der Waals surface area contributed by atoms with Crippen LogP contribution >= 0.6 is 0 Å². The molecule has 7 nitrogen and oxygen atoms in total. The lowest BCUT2D eigenvalue weighted by atomic mass is 9.80. The van der Waals surface area contributed by atoms with E-state index < -0.39 is 40.3 Å². The van der Waals surface area contributed by atoms with E-state index in [0.717, 1.165) is 27.8 Å². The molecule has 4 atom stereocenters. The van der Waals surface area contributed by atoms with Crippen molar-refractivity contribution in [1.29, 1.82) is 0 Å². The third kappa shape index (κ3) is 7.55. The van der Waals surface area contributed by atoms with Crippen LogP contribution in [0, 0.1) is 6.92 Å². The molecule has 5 aromatic rings. The molecule has 1 aliphatic heterocycles. The number of aliphatic hydroxyl groups is 1. The van der Waals surface area contributed by atoms with Gasteiger partial charge in [0.05, 0.1) is 24.2 Å². The molecule has 1 fully saturated rings. The number of rotatable bonds is 12. The number of aliphatic hydroxyl groups excluding tert-OH is 1. The maximum atomic E-state index is 13.7. The summed E-state index contributed by atoms with van der Waals surface area (Å²) in [6, 6.07) is 45.6. The van der Waals surface area contributed by atoms with Crippen LogP contribution in [0.2, 0.25) is 0 Å². The molecule has 242 valence electrons. The van der Waals surface area contributed by atoms with Crippen molar-refractivity contribution >= 4 is 10.1 Å². The van der Waals surface area contributed by atoms with Gasteiger partial charge in [-0.05, 0) is 41.3 Å². The Morgan fingerprint density at radius 3 is 1.72 bits per heavy atom. The number of hydrogen-bond donors (Lipinski definition) is 1. The van der Waals surface area contributed by atoms with E-state index in [4.69, 9.17) is 18.4 Å². The molecule has 1 heterocycles. The Kier molecular flexibility index (Phi) is 10.3. The highest BCUT2D eigenvalue weighted by atomic mass is 32.2. The molecule has 0 aliphatic carbocycles. The van der Waals surface area contributed by atoms with Crippen molar-refractivity contribution < 1.29 is 31.9 Å². The van der Waals surface area contributed by atoms with Gasteiger partial charge in [0.1, 0.15) is 17.8 Å². The predicted octanol–water partition coefficient (Wildman–Crippen LogP) is 6.77. The van der Waals surface area contributed by atoms with E-state index in [1.807, 2.05) is 128 Å². The standard InChI is InChI=1S/C39H38O7S/c1-29-22-24-34(25-23-29)47(41,42)46-38-35(43-27-30-14-6-2-7-15-30)26-37(40)45-36(38)28-44-39(31-16-8-3-9-17-31,32-18-10-4-11-19-32)33-20-12-5-13-21-33/h2-25,35-38,40H,26-28H2,1H3/t35-,36+,37+,38-/m0/s1. The van der Waals surface area contributed by atoms with Crippen LogP contribution in [0.3, 0.4) is 0 Å². The summed E-state index contributed by atoms with van der Waals surface area (Å²) in [5.41, 5.74) is 3.33. The second kappa shape index (κ2) is 14.7. The Hall–Kier alpha value is -4.15. The van der Waals surface area contributed by atoms with Crippen LogP contribution in [0.5, 0.6) is 0 Å². The molecule has 0 radical (unpaired) electrons. The first kappa shape index (κ1) is 32.8. The molecule has 1 saturated heterocycles. The van der Waals surface area contributed by atoms with E-state index >= 15 is 0 Å². The second-order valence-electron chi connectivity index (χ2n) is 11.6. The Morgan fingerprint density at radius 2 is 1.21 bits per heavy atom. The number of ether oxygens (including phenoxy) is 3. The first-order chi connectivity index (χ1) is 22.8. The third-order valence-electron chi connectivity index (χ3n) is 8.36. The van der Waals surface area contributed by atoms with E-state index in [1.54, 1.807) is 12.1 Å². The predicted molar refractivity (Wildman–Crippen MR) is 179 cm³/mol. The number of aryl methyl sites for hydroxylation is 1. The molecule has 0 saturated carbocycles. The minimum atomic E-state index is -4.25. The van der Waals surface area contributed by atoms with Gasteiger partial charge in [0.15, 0.2) is 6.29 Å². The van der Waals surface area contributed by atoms with E-state index in [2.05, 4.69) is 0 Å². The van der Waals surface area contributed by atoms with Gasteiger partial charge in [-0.1, -0.05) is 139 Å². The van der Waals surface area contributed by atoms with Crippen LogP contribution < -0.4 is 0 Å². The summed E-state index contributed by atoms with van der Waals surface area (Å²) >= 11 is 0. The van der Waals surface area contributed by atoms with E-state index in [1.165, 1.54) is 12.1 Å². The molecule has 5 aromatic carbocycles. The van der Waals surface area contributed by atoms with Gasteiger partial charge >= 0.3 is 0 Å². The zero-order chi connectivity index (χ0) is 32.7. The second-order valence-corrected chi connectivity index (χ2v) is 13.2. The van der Waals surface area contributed by atoms with Gasteiger partial charge < -0.3 is 19.3 Å². The molecule has 0 bridgehead atoms. The van der Waals surface area contributed by atoms with Gasteiger partial charge in [0, 0.05) is 6.42 Å². The fourth-order valence-electron chi connectivity index (χ4n) is 5.99. The van der Waals surface area contributed by atoms with Crippen molar-refractivity contribution in [1.82, 2.24) is 0 Å². The molecule has 1 aliphatic rings. The van der Waals surface area contributed by atoms with Crippen LogP contribution in [0.15, 0.2) is 150 Å². The third-order valence-corrected chi connectivity index (χ3v) is 9.68. The monoisotopic (exact) mass is 650 g/mol. The van der Waals surface area contributed by atoms with Gasteiger partial charge in [-0.15, -0.1) is 0 Å². The Morgan fingerprint density at radius 1 is 0.723 bits per heavy atom. The van der Waals surface area contributed by atoms with Crippen molar-refractivity contribution in [2.24, 2.45) is 0 Å². The Balaban J connectivity index is 1.38. The summed E-state index contributed by atoms with van der Waals surface area (Å²) in [7, 11) is -4.25. The molecule has 1 N–H and O–H groups in total. The van der Waals surface area contributed by atoms with Crippen LogP contribution in [0.1, 0.15) is 34.2 Å². The lowest BCUT2D eigenvalue weighted by Gasteiger charge is -2.42. The molecular formula is C39H38O7S. The maximum absolute atomic E-state index is 13.7. The SMILES string of the molecule is Cc1ccc(S(=O)(=O)O[C@H]2[C@@H](OCc3ccccc3)C[C@H](O)O[C@@H]2COC(c2ccccc2)(c2ccccc2)c2ccccc2)cc1. The summed E-state index contributed by atoms with van der Waals surface area (Å²) in [6.07, 6.45) is -4.19. The number of hydrogen-bond acceptors (Lipinski definition) is 7. The van der Waals surface area contributed by atoms with Gasteiger partial charge in [-0.25, -0.2) is 0 Å². The zero-order valence-corrected chi connectivity index (χ0v) is 26.9. The van der Waals surface area contributed by atoms with Crippen molar-refractivity contribution in [3.63, 3.8) is 0 Å². The van der Waals surface area contributed by atoms with Crippen molar-refractivity contribution in [2.45, 2.75) is 55.0 Å². The minimum absolute atomic E-state index is 0.0125.